The topological polar surface area (TPSA) is 73.2 Å². The van der Waals surface area contributed by atoms with Gasteiger partial charge in [0.1, 0.15) is 11.4 Å². The van der Waals surface area contributed by atoms with Crippen LogP contribution in [0.5, 0.6) is 5.75 Å². The van der Waals surface area contributed by atoms with E-state index in [4.69, 9.17) is 4.74 Å². The van der Waals surface area contributed by atoms with E-state index in [1.165, 1.54) is 0 Å². The van der Waals surface area contributed by atoms with Crippen LogP contribution in [0.3, 0.4) is 0 Å². The number of aryl methyl sites for hydroxylation is 1. The number of hydrogen-bond acceptors (Lipinski definition) is 5. The molecule has 0 aliphatic carbocycles. The van der Waals surface area contributed by atoms with Gasteiger partial charge in [0.2, 0.25) is 5.91 Å². The van der Waals surface area contributed by atoms with Crippen molar-refractivity contribution in [3.8, 4) is 5.75 Å². The normalized spacial score (nSPS) is 22.3. The first-order valence-corrected chi connectivity index (χ1v) is 11.6. The van der Waals surface area contributed by atoms with E-state index in [2.05, 4.69) is 4.90 Å². The molecule has 1 amide bonds. The van der Waals surface area contributed by atoms with Crippen molar-refractivity contribution in [2.24, 2.45) is 0 Å². The lowest BCUT2D eigenvalue weighted by Crippen LogP contribution is -2.47. The van der Waals surface area contributed by atoms with Crippen LogP contribution in [-0.4, -0.2) is 54.3 Å². The Hall–Kier alpha value is -2.41. The zero-order valence-corrected chi connectivity index (χ0v) is 19.1. The first-order valence-electron chi connectivity index (χ1n) is 11.6. The van der Waals surface area contributed by atoms with E-state index in [0.29, 0.717) is 31.7 Å². The number of ether oxygens (including phenoxy) is 1. The van der Waals surface area contributed by atoms with Gasteiger partial charge in [-0.25, -0.2) is 0 Å². The number of nitrogens with zero attached hydrogens (tertiary/aromatic N) is 2. The molecule has 32 heavy (non-hydrogen) atoms. The monoisotopic (exact) mass is 438 g/mol. The Morgan fingerprint density at radius 2 is 2.00 bits per heavy atom. The van der Waals surface area contributed by atoms with Gasteiger partial charge in [-0.05, 0) is 55.5 Å². The molecule has 6 heteroatoms. The van der Waals surface area contributed by atoms with Gasteiger partial charge in [0.05, 0.1) is 13.2 Å². The molecule has 172 valence electrons. The van der Waals surface area contributed by atoms with Crippen molar-refractivity contribution in [3.05, 3.63) is 59.2 Å². The maximum atomic E-state index is 12.3. The molecule has 2 unspecified atom stereocenters. The number of benzene rings is 2. The summed E-state index contributed by atoms with van der Waals surface area (Å²) in [6, 6.07) is 13.6. The lowest BCUT2D eigenvalue weighted by atomic mass is 9.85. The number of carbonyl (C=O) groups is 1. The fourth-order valence-corrected chi connectivity index (χ4v) is 5.15. The number of para-hydroxylation sites is 1. The van der Waals surface area contributed by atoms with E-state index < -0.39 is 11.7 Å². The van der Waals surface area contributed by atoms with Crippen molar-refractivity contribution in [1.82, 2.24) is 4.90 Å². The van der Waals surface area contributed by atoms with Crippen LogP contribution >= 0.6 is 0 Å². The van der Waals surface area contributed by atoms with Gasteiger partial charge in [-0.3, -0.25) is 9.69 Å². The second-order valence-electron chi connectivity index (χ2n) is 8.98. The van der Waals surface area contributed by atoms with Crippen molar-refractivity contribution >= 4 is 11.6 Å². The van der Waals surface area contributed by atoms with Crippen molar-refractivity contribution in [2.45, 2.75) is 50.7 Å². The molecule has 2 atom stereocenters. The summed E-state index contributed by atoms with van der Waals surface area (Å²) in [6.07, 6.45) is 3.21. The lowest BCUT2D eigenvalue weighted by Gasteiger charge is -2.40. The third-order valence-corrected chi connectivity index (χ3v) is 6.80. The van der Waals surface area contributed by atoms with Gasteiger partial charge >= 0.3 is 0 Å². The molecular formula is C26H34N2O4. The summed E-state index contributed by atoms with van der Waals surface area (Å²) in [4.78, 5) is 16.3. The summed E-state index contributed by atoms with van der Waals surface area (Å²) in [6.45, 7) is 4.39. The highest BCUT2D eigenvalue weighted by molar-refractivity contribution is 5.94. The van der Waals surface area contributed by atoms with Crippen LogP contribution < -0.4 is 9.64 Å². The first-order chi connectivity index (χ1) is 15.4. The number of rotatable bonds is 6. The Labute approximate surface area is 190 Å². The Balaban J connectivity index is 1.48. The minimum Gasteiger partial charge on any atom is -0.496 e. The molecule has 2 aromatic rings. The summed E-state index contributed by atoms with van der Waals surface area (Å²) >= 11 is 0. The molecule has 2 heterocycles. The maximum Gasteiger partial charge on any atom is 0.226 e. The Morgan fingerprint density at radius 1 is 1.19 bits per heavy atom. The van der Waals surface area contributed by atoms with Gasteiger partial charge in [0.15, 0.2) is 0 Å². The number of hydrogen-bond donors (Lipinski definition) is 2. The maximum absolute atomic E-state index is 12.3. The van der Waals surface area contributed by atoms with Gasteiger partial charge in [-0.2, -0.15) is 0 Å². The van der Waals surface area contributed by atoms with Gasteiger partial charge < -0.3 is 19.8 Å². The smallest absolute Gasteiger partial charge is 0.226 e. The highest BCUT2D eigenvalue weighted by Gasteiger charge is 2.37. The average molecular weight is 439 g/mol. The molecule has 0 radical (unpaired) electrons. The minimum atomic E-state index is -0.999. The first kappa shape index (κ1) is 22.8. The van der Waals surface area contributed by atoms with Gasteiger partial charge in [-0.1, -0.05) is 37.3 Å². The van der Waals surface area contributed by atoms with E-state index in [1.807, 2.05) is 54.3 Å². The SMILES string of the molecule is CCC(=O)N1CCCc2cc(C(O)CN3CCCC(O)(c4ccccc4OC)C3)ccc21. The summed E-state index contributed by atoms with van der Waals surface area (Å²) in [5.74, 6) is 0.835. The van der Waals surface area contributed by atoms with E-state index in [-0.39, 0.29) is 5.91 Å². The molecular weight excluding hydrogens is 404 g/mol. The highest BCUT2D eigenvalue weighted by atomic mass is 16.5. The molecule has 0 bridgehead atoms. The largest absolute Gasteiger partial charge is 0.496 e. The second kappa shape index (κ2) is 9.61. The second-order valence-corrected chi connectivity index (χ2v) is 8.98. The number of carbonyl (C=O) groups excluding carboxylic acids is 1. The predicted molar refractivity (Wildman–Crippen MR) is 125 cm³/mol. The van der Waals surface area contributed by atoms with E-state index in [9.17, 15) is 15.0 Å². The number of fused-ring (bicyclic) bond motifs is 1. The molecule has 2 aliphatic rings. The van der Waals surface area contributed by atoms with Gasteiger partial charge in [0.25, 0.3) is 0 Å². The number of β-amino-alcohol motifs (C(OH)–C–C–N with tert-alkyl or cyclic N) is 2. The number of methoxy groups -OCH3 is 1. The van der Waals surface area contributed by atoms with Crippen molar-refractivity contribution in [1.29, 1.82) is 0 Å². The van der Waals surface area contributed by atoms with Crippen LogP contribution in [0.25, 0.3) is 0 Å². The quantitative estimate of drug-likeness (QED) is 0.723. The molecule has 0 spiro atoms. The molecule has 0 saturated carbocycles. The van der Waals surface area contributed by atoms with Crippen molar-refractivity contribution < 1.29 is 19.7 Å². The zero-order valence-electron chi connectivity index (χ0n) is 19.1. The number of aliphatic hydroxyl groups excluding tert-OH is 1. The van der Waals surface area contributed by atoms with Crippen molar-refractivity contribution in [2.75, 3.05) is 38.2 Å². The van der Waals surface area contributed by atoms with E-state index in [1.54, 1.807) is 7.11 Å². The van der Waals surface area contributed by atoms with Gasteiger partial charge in [-0.15, -0.1) is 0 Å². The van der Waals surface area contributed by atoms with Crippen LogP contribution in [0.4, 0.5) is 5.69 Å². The Kier molecular flexibility index (Phi) is 6.84. The molecule has 2 N–H and O–H groups in total. The summed E-state index contributed by atoms with van der Waals surface area (Å²) < 4.78 is 5.48. The highest BCUT2D eigenvalue weighted by Crippen LogP contribution is 2.37. The number of anilines is 1. The Morgan fingerprint density at radius 3 is 2.78 bits per heavy atom. The van der Waals surface area contributed by atoms with Gasteiger partial charge in [0, 0.05) is 37.3 Å². The number of amides is 1. The molecule has 4 rings (SSSR count). The molecule has 0 aromatic heterocycles. The lowest BCUT2D eigenvalue weighted by molar-refractivity contribution is -0.118. The van der Waals surface area contributed by atoms with Crippen LogP contribution in [0.15, 0.2) is 42.5 Å². The third kappa shape index (κ3) is 4.53. The van der Waals surface area contributed by atoms with Crippen molar-refractivity contribution in [3.63, 3.8) is 0 Å². The molecule has 1 fully saturated rings. The minimum absolute atomic E-state index is 0.142. The fourth-order valence-electron chi connectivity index (χ4n) is 5.15. The molecule has 1 saturated heterocycles. The fraction of sp³-hybridized carbons (Fsp3) is 0.500. The summed E-state index contributed by atoms with van der Waals surface area (Å²) in [7, 11) is 1.62. The van der Waals surface area contributed by atoms with E-state index in [0.717, 1.165) is 54.7 Å². The van der Waals surface area contributed by atoms with E-state index >= 15 is 0 Å². The molecule has 2 aromatic carbocycles. The Bertz CT molecular complexity index is 963. The van der Waals surface area contributed by atoms with Crippen LogP contribution in [0.2, 0.25) is 0 Å². The summed E-state index contributed by atoms with van der Waals surface area (Å²) in [5.41, 5.74) is 2.76. The predicted octanol–water partition coefficient (Wildman–Crippen LogP) is 3.40. The summed E-state index contributed by atoms with van der Waals surface area (Å²) in [5, 5.41) is 22.4. The zero-order chi connectivity index (χ0) is 22.7. The number of likely N-dealkylation sites (tertiary alicyclic amines) is 1. The third-order valence-electron chi connectivity index (χ3n) is 6.80. The van der Waals surface area contributed by atoms with Crippen LogP contribution in [0, 0.1) is 0 Å². The average Bonchev–Trinajstić information content (AvgIpc) is 2.82. The number of piperidine rings is 1. The molecule has 2 aliphatic heterocycles. The van der Waals surface area contributed by atoms with Crippen LogP contribution in [-0.2, 0) is 16.8 Å². The molecule has 6 nitrogen and oxygen atoms in total. The van der Waals surface area contributed by atoms with Crippen LogP contribution in [0.1, 0.15) is 55.4 Å². The number of aliphatic hydroxyl groups is 2. The standard InChI is InChI=1S/C26H34N2O4/c1-3-25(30)28-15-6-8-19-16-20(11-12-22(19)28)23(29)17-27-14-7-13-26(31,18-27)21-9-4-5-10-24(21)32-2/h4-5,9-12,16,23,29,31H,3,6-8,13-15,17-18H2,1-2H3.